The molecule has 1 aromatic carbocycles. The van der Waals surface area contributed by atoms with E-state index < -0.39 is 5.60 Å². The Hall–Kier alpha value is -3.36. The molecule has 3 aromatic heterocycles. The van der Waals surface area contributed by atoms with Crippen LogP contribution >= 0.6 is 0 Å². The molecule has 28 heavy (non-hydrogen) atoms. The van der Waals surface area contributed by atoms with Gasteiger partial charge in [0, 0.05) is 30.6 Å². The van der Waals surface area contributed by atoms with E-state index in [1.54, 1.807) is 13.8 Å². The molecule has 0 saturated carbocycles. The lowest BCUT2D eigenvalue weighted by molar-refractivity contribution is 0.143. The second-order valence-electron chi connectivity index (χ2n) is 7.46. The Kier molecular flexibility index (Phi) is 4.29. The van der Waals surface area contributed by atoms with Crippen molar-refractivity contribution in [3.05, 3.63) is 66.2 Å². The molecular formula is C23H22N4O. The van der Waals surface area contributed by atoms with Crippen LogP contribution in [0, 0.1) is 18.8 Å². The summed E-state index contributed by atoms with van der Waals surface area (Å²) in [7, 11) is 1.93. The molecule has 0 saturated heterocycles. The van der Waals surface area contributed by atoms with Crippen molar-refractivity contribution in [2.75, 3.05) is 0 Å². The number of aromatic nitrogens is 4. The van der Waals surface area contributed by atoms with Crippen molar-refractivity contribution in [2.45, 2.75) is 26.4 Å². The molecule has 0 unspecified atom stereocenters. The Labute approximate surface area is 164 Å². The fourth-order valence-corrected chi connectivity index (χ4v) is 3.29. The molecule has 0 aliphatic heterocycles. The molecule has 5 heteroatoms. The predicted molar refractivity (Wildman–Crippen MR) is 111 cm³/mol. The molecule has 4 rings (SSSR count). The zero-order chi connectivity index (χ0) is 19.9. The topological polar surface area (TPSA) is 55.4 Å². The van der Waals surface area contributed by atoms with E-state index in [1.807, 2.05) is 53.9 Å². The predicted octanol–water partition coefficient (Wildman–Crippen LogP) is 3.83. The Balaban J connectivity index is 1.79. The Morgan fingerprint density at radius 1 is 1.04 bits per heavy atom. The van der Waals surface area contributed by atoms with E-state index in [9.17, 15) is 5.11 Å². The van der Waals surface area contributed by atoms with Gasteiger partial charge in [0.1, 0.15) is 5.60 Å². The number of aliphatic hydroxyl groups is 1. The lowest BCUT2D eigenvalue weighted by Gasteiger charge is -2.07. The fourth-order valence-electron chi connectivity index (χ4n) is 3.29. The van der Waals surface area contributed by atoms with Gasteiger partial charge in [-0.3, -0.25) is 4.68 Å². The number of hydrogen-bond acceptors (Lipinski definition) is 3. The number of aryl methyl sites for hydroxylation is 2. The lowest BCUT2D eigenvalue weighted by atomic mass is 10.0. The summed E-state index contributed by atoms with van der Waals surface area (Å²) in [6.45, 7) is 5.37. The van der Waals surface area contributed by atoms with Crippen molar-refractivity contribution in [1.82, 2.24) is 19.4 Å². The molecule has 0 radical (unpaired) electrons. The molecule has 0 aliphatic rings. The average molecular weight is 370 g/mol. The first-order valence-corrected chi connectivity index (χ1v) is 9.15. The van der Waals surface area contributed by atoms with Gasteiger partial charge in [-0.2, -0.15) is 10.2 Å². The molecular weight excluding hydrogens is 348 g/mol. The first-order valence-electron chi connectivity index (χ1n) is 9.15. The number of hydrogen-bond donors (Lipinski definition) is 1. The van der Waals surface area contributed by atoms with E-state index in [-0.39, 0.29) is 0 Å². The van der Waals surface area contributed by atoms with Crippen LogP contribution in [0.4, 0.5) is 0 Å². The molecule has 1 N–H and O–H groups in total. The monoisotopic (exact) mass is 370 g/mol. The second-order valence-corrected chi connectivity index (χ2v) is 7.46. The minimum Gasteiger partial charge on any atom is -0.378 e. The number of pyridine rings is 1. The molecule has 0 amide bonds. The summed E-state index contributed by atoms with van der Waals surface area (Å²) in [6.07, 6.45) is 5.79. The van der Waals surface area contributed by atoms with Gasteiger partial charge < -0.3 is 5.11 Å². The van der Waals surface area contributed by atoms with E-state index >= 15 is 0 Å². The van der Waals surface area contributed by atoms with Gasteiger partial charge in [-0.15, -0.1) is 0 Å². The fraction of sp³-hybridized carbons (Fsp3) is 0.217. The first-order chi connectivity index (χ1) is 13.3. The highest BCUT2D eigenvalue weighted by atomic mass is 16.3. The molecule has 3 heterocycles. The van der Waals surface area contributed by atoms with Crippen LogP contribution < -0.4 is 0 Å². The van der Waals surface area contributed by atoms with Crippen LogP contribution in [-0.2, 0) is 7.05 Å². The summed E-state index contributed by atoms with van der Waals surface area (Å²) in [6, 6.07) is 12.3. The highest BCUT2D eigenvalue weighted by Gasteiger charge is 2.12. The third kappa shape index (κ3) is 3.42. The summed E-state index contributed by atoms with van der Waals surface area (Å²) in [5.74, 6) is 5.99. The summed E-state index contributed by atoms with van der Waals surface area (Å²) in [5, 5.41) is 18.8. The lowest BCUT2D eigenvalue weighted by Crippen LogP contribution is -2.14. The summed E-state index contributed by atoms with van der Waals surface area (Å²) < 4.78 is 3.65. The van der Waals surface area contributed by atoms with E-state index in [2.05, 4.69) is 46.3 Å². The van der Waals surface area contributed by atoms with Gasteiger partial charge in [-0.25, -0.2) is 4.52 Å². The molecule has 4 aromatic rings. The van der Waals surface area contributed by atoms with E-state index in [0.29, 0.717) is 0 Å². The van der Waals surface area contributed by atoms with Crippen molar-refractivity contribution >= 4 is 5.52 Å². The zero-order valence-corrected chi connectivity index (χ0v) is 16.4. The van der Waals surface area contributed by atoms with Crippen LogP contribution in [0.2, 0.25) is 0 Å². The number of fused-ring (bicyclic) bond motifs is 1. The van der Waals surface area contributed by atoms with Crippen molar-refractivity contribution in [3.8, 4) is 34.1 Å². The number of nitrogens with zero attached hydrogens (tertiary/aromatic N) is 4. The van der Waals surface area contributed by atoms with Crippen molar-refractivity contribution in [3.63, 3.8) is 0 Å². The number of rotatable bonds is 2. The first kappa shape index (κ1) is 18.0. The van der Waals surface area contributed by atoms with Crippen LogP contribution in [0.5, 0.6) is 0 Å². The van der Waals surface area contributed by atoms with Crippen LogP contribution in [-0.4, -0.2) is 30.1 Å². The highest BCUT2D eigenvalue weighted by molar-refractivity contribution is 5.85. The molecule has 0 bridgehead atoms. The second kappa shape index (κ2) is 6.66. The molecule has 0 aliphatic carbocycles. The van der Waals surface area contributed by atoms with Crippen LogP contribution in [0.25, 0.3) is 27.8 Å². The van der Waals surface area contributed by atoms with Gasteiger partial charge in [0.15, 0.2) is 0 Å². The van der Waals surface area contributed by atoms with Gasteiger partial charge in [0.25, 0.3) is 0 Å². The molecule has 0 spiro atoms. The summed E-state index contributed by atoms with van der Waals surface area (Å²) in [4.78, 5) is 0. The zero-order valence-electron chi connectivity index (χ0n) is 16.4. The molecule has 5 nitrogen and oxygen atoms in total. The Bertz CT molecular complexity index is 1210. The normalized spacial score (nSPS) is 11.5. The maximum absolute atomic E-state index is 9.95. The average Bonchev–Trinajstić information content (AvgIpc) is 3.22. The molecule has 0 atom stereocenters. The summed E-state index contributed by atoms with van der Waals surface area (Å²) in [5.41, 5.74) is 6.08. The van der Waals surface area contributed by atoms with Gasteiger partial charge in [0.2, 0.25) is 0 Å². The van der Waals surface area contributed by atoms with Gasteiger partial charge in [-0.1, -0.05) is 36.1 Å². The van der Waals surface area contributed by atoms with Gasteiger partial charge in [-0.05, 0) is 44.0 Å². The minimum absolute atomic E-state index is 0.837. The molecule has 140 valence electrons. The largest absolute Gasteiger partial charge is 0.378 e. The highest BCUT2D eigenvalue weighted by Crippen LogP contribution is 2.30. The van der Waals surface area contributed by atoms with Gasteiger partial charge in [0.05, 0.1) is 23.0 Å². The maximum atomic E-state index is 9.95. The number of benzene rings is 1. The molecule has 0 fully saturated rings. The maximum Gasteiger partial charge on any atom is 0.120 e. The van der Waals surface area contributed by atoms with E-state index in [4.69, 9.17) is 0 Å². The quantitative estimate of drug-likeness (QED) is 0.546. The van der Waals surface area contributed by atoms with Gasteiger partial charge >= 0.3 is 0 Å². The van der Waals surface area contributed by atoms with Crippen molar-refractivity contribution < 1.29 is 5.11 Å². The smallest absolute Gasteiger partial charge is 0.120 e. The SMILES string of the molecule is Cc1nn(C)cc1-c1ccc(-c2cnn3cccc(C#CC(C)(C)O)c23)cc1. The minimum atomic E-state index is -1.05. The van der Waals surface area contributed by atoms with Crippen LogP contribution in [0.1, 0.15) is 25.1 Å². The van der Waals surface area contributed by atoms with Crippen molar-refractivity contribution in [2.24, 2.45) is 7.05 Å². The third-order valence-electron chi connectivity index (χ3n) is 4.56. The summed E-state index contributed by atoms with van der Waals surface area (Å²) >= 11 is 0. The Morgan fingerprint density at radius 2 is 1.71 bits per heavy atom. The van der Waals surface area contributed by atoms with E-state index in [0.717, 1.165) is 39.0 Å². The van der Waals surface area contributed by atoms with Crippen LogP contribution in [0.3, 0.4) is 0 Å². The third-order valence-corrected chi connectivity index (χ3v) is 4.56. The van der Waals surface area contributed by atoms with E-state index in [1.165, 1.54) is 0 Å². The standard InChI is InChI=1S/C23H22N4O/c1-16-21(15-26(4)25-16)18-9-7-17(8-10-18)20-14-24-27-13-5-6-19(22(20)27)11-12-23(2,3)28/h5-10,13-15,28H,1-4H3. The Morgan fingerprint density at radius 3 is 2.32 bits per heavy atom. The van der Waals surface area contributed by atoms with Crippen LogP contribution in [0.15, 0.2) is 55.0 Å². The van der Waals surface area contributed by atoms with Crippen molar-refractivity contribution in [1.29, 1.82) is 0 Å².